The predicted octanol–water partition coefficient (Wildman–Crippen LogP) is 6.98. The van der Waals surface area contributed by atoms with Gasteiger partial charge in [-0.1, -0.05) is 30.1 Å². The highest BCUT2D eigenvalue weighted by Gasteiger charge is 2.65. The number of aldehydes is 1. The van der Waals surface area contributed by atoms with E-state index >= 15 is 0 Å². The van der Waals surface area contributed by atoms with Gasteiger partial charge in [0.25, 0.3) is 5.91 Å². The number of ether oxygens (including phenoxy) is 5. The minimum atomic E-state index is -1.52. The molecule has 3 aromatic rings. The van der Waals surface area contributed by atoms with Crippen LogP contribution in [-0.4, -0.2) is 110 Å². The monoisotopic (exact) mass is 865 g/mol. The van der Waals surface area contributed by atoms with E-state index in [0.717, 1.165) is 36.8 Å². The molecule has 63 heavy (non-hydrogen) atoms. The zero-order chi connectivity index (χ0) is 44.8. The molecule has 0 spiro atoms. The van der Waals surface area contributed by atoms with E-state index in [4.69, 9.17) is 33.7 Å². The number of oxime groups is 1. The number of hydrogen-bond donors (Lipinski definition) is 3. The van der Waals surface area contributed by atoms with E-state index in [2.05, 4.69) is 18.7 Å². The number of unbranched alkanes of at least 4 members (excludes halogenated alkanes) is 2. The van der Waals surface area contributed by atoms with E-state index in [-0.39, 0.29) is 76.3 Å². The van der Waals surface area contributed by atoms with Crippen molar-refractivity contribution in [3.05, 3.63) is 107 Å². The summed E-state index contributed by atoms with van der Waals surface area (Å²) in [5.74, 6) is -0.847. The molecule has 14 heteroatoms. The Hall–Kier alpha value is -5.56. The summed E-state index contributed by atoms with van der Waals surface area (Å²) in [4.78, 5) is 34.5. The highest BCUT2D eigenvalue weighted by molar-refractivity contribution is 6.03. The molecule has 336 valence electrons. The first-order valence-corrected chi connectivity index (χ1v) is 21.8. The zero-order valence-electron chi connectivity index (χ0n) is 36.2. The number of aliphatic hydroxyl groups excluding tert-OH is 3. The number of rotatable bonds is 24. The van der Waals surface area contributed by atoms with Gasteiger partial charge >= 0.3 is 0 Å². The number of nitrogens with zero attached hydrogens (tertiary/aromatic N) is 3. The normalized spacial score (nSPS) is 22.7. The zero-order valence-corrected chi connectivity index (χ0v) is 36.2. The van der Waals surface area contributed by atoms with Crippen LogP contribution in [0.15, 0.2) is 90.1 Å². The topological polar surface area (TPSA) is 190 Å². The van der Waals surface area contributed by atoms with Crippen LogP contribution in [0.25, 0.3) is 0 Å². The van der Waals surface area contributed by atoms with Crippen molar-refractivity contribution in [3.8, 4) is 29.1 Å². The van der Waals surface area contributed by atoms with Crippen molar-refractivity contribution in [1.82, 2.24) is 4.90 Å². The Morgan fingerprint density at radius 3 is 2.43 bits per heavy atom. The lowest BCUT2D eigenvalue weighted by Crippen LogP contribution is -2.70. The Morgan fingerprint density at radius 1 is 1.00 bits per heavy atom. The Balaban J connectivity index is 1.59. The van der Waals surface area contributed by atoms with E-state index in [9.17, 15) is 30.2 Å². The first kappa shape index (κ1) is 46.9. The van der Waals surface area contributed by atoms with Crippen LogP contribution in [0.1, 0.15) is 89.6 Å². The highest BCUT2D eigenvalue weighted by Crippen LogP contribution is 2.62. The van der Waals surface area contributed by atoms with Crippen molar-refractivity contribution in [1.29, 1.82) is 5.26 Å². The molecule has 3 aromatic carbocycles. The average molecular weight is 866 g/mol. The number of benzene rings is 3. The van der Waals surface area contributed by atoms with E-state index in [1.54, 1.807) is 59.5 Å². The molecule has 3 aliphatic rings. The first-order chi connectivity index (χ1) is 30.8. The van der Waals surface area contributed by atoms with Crippen LogP contribution in [0.2, 0.25) is 0 Å². The van der Waals surface area contributed by atoms with Gasteiger partial charge in [0.05, 0.1) is 62.4 Å². The molecule has 1 amide bonds. The Bertz CT molecular complexity index is 2130. The van der Waals surface area contributed by atoms with Gasteiger partial charge < -0.3 is 48.7 Å². The standard InChI is InChI=1S/C49H59N3O11/c1-4-24-60-49-45(52(20-25-59-26-23-55)48(57)34-14-12-33(31-50)13-15-34)30-42(51-61-5-2)40-28-35(10-6-8-21-53)39(11-7-9-22-54)46(47(40)49)41-29-38(17-19-44(41)63-49)62-37-16-18-43(58-3)36(27-37)32-56/h4,12-19,27-29,32,35,39,45-47,53-55H,1,5-11,20-26,30H2,2-3H3. The van der Waals surface area contributed by atoms with E-state index in [1.165, 1.54) is 7.11 Å². The largest absolute Gasteiger partial charge is 0.496 e. The number of methoxy groups -OCH3 is 1. The highest BCUT2D eigenvalue weighted by atomic mass is 16.7. The number of allylic oxidation sites excluding steroid dienone is 1. The summed E-state index contributed by atoms with van der Waals surface area (Å²) in [7, 11) is 1.50. The molecular weight excluding hydrogens is 807 g/mol. The molecular formula is C49H59N3O11. The molecule has 14 nitrogen and oxygen atoms in total. The van der Waals surface area contributed by atoms with Crippen molar-refractivity contribution < 1.29 is 53.4 Å². The third kappa shape index (κ3) is 10.5. The quantitative estimate of drug-likeness (QED) is 0.0363. The first-order valence-electron chi connectivity index (χ1n) is 21.8. The van der Waals surface area contributed by atoms with Crippen LogP contribution in [-0.2, 0) is 14.3 Å². The fourth-order valence-electron chi connectivity index (χ4n) is 9.44. The summed E-state index contributed by atoms with van der Waals surface area (Å²) in [6, 6.07) is 18.4. The molecule has 2 aliphatic carbocycles. The second kappa shape index (κ2) is 22.7. The maximum atomic E-state index is 15.0. The van der Waals surface area contributed by atoms with E-state index in [1.807, 2.05) is 19.1 Å². The van der Waals surface area contributed by atoms with Gasteiger partial charge in [-0.3, -0.25) is 9.59 Å². The van der Waals surface area contributed by atoms with Crippen LogP contribution in [0, 0.1) is 29.1 Å². The summed E-state index contributed by atoms with van der Waals surface area (Å²) < 4.78 is 32.0. The number of fused-ring (bicyclic) bond motifs is 2. The molecule has 0 aromatic heterocycles. The molecule has 6 rings (SSSR count). The number of hydrogen-bond acceptors (Lipinski definition) is 13. The summed E-state index contributed by atoms with van der Waals surface area (Å²) in [5, 5.41) is 43.7. The van der Waals surface area contributed by atoms with Gasteiger partial charge in [-0.25, -0.2) is 0 Å². The van der Waals surface area contributed by atoms with Gasteiger partial charge in [0.2, 0.25) is 5.79 Å². The third-order valence-electron chi connectivity index (χ3n) is 12.1. The van der Waals surface area contributed by atoms with Crippen molar-refractivity contribution in [3.63, 3.8) is 0 Å². The van der Waals surface area contributed by atoms with Crippen LogP contribution in [0.4, 0.5) is 0 Å². The minimum absolute atomic E-state index is 0.0162. The van der Waals surface area contributed by atoms with E-state index < -0.39 is 17.7 Å². The second-order valence-corrected chi connectivity index (χ2v) is 15.8. The number of carbonyl (C=O) groups is 2. The Labute approximate surface area is 369 Å². The second-order valence-electron chi connectivity index (χ2n) is 15.8. The van der Waals surface area contributed by atoms with Gasteiger partial charge in [-0.15, -0.1) is 6.58 Å². The molecule has 1 saturated carbocycles. The van der Waals surface area contributed by atoms with Gasteiger partial charge in [-0.05, 0) is 111 Å². The van der Waals surface area contributed by atoms with Gasteiger partial charge in [0.15, 0.2) is 6.29 Å². The maximum Gasteiger partial charge on any atom is 0.254 e. The number of carbonyl (C=O) groups excluding carboxylic acids is 2. The molecule has 1 aliphatic heterocycles. The lowest BCUT2D eigenvalue weighted by atomic mass is 9.55. The van der Waals surface area contributed by atoms with Crippen molar-refractivity contribution in [2.45, 2.75) is 69.6 Å². The van der Waals surface area contributed by atoms with Crippen LogP contribution < -0.4 is 14.2 Å². The summed E-state index contributed by atoms with van der Waals surface area (Å²) in [5.41, 5.74) is 3.48. The van der Waals surface area contributed by atoms with Crippen LogP contribution >= 0.6 is 0 Å². The fraction of sp³-hybridized carbons (Fsp3) is 0.469. The molecule has 0 radical (unpaired) electrons. The van der Waals surface area contributed by atoms with Crippen molar-refractivity contribution >= 4 is 17.9 Å². The smallest absolute Gasteiger partial charge is 0.254 e. The summed E-state index contributed by atoms with van der Waals surface area (Å²) >= 11 is 0. The van der Waals surface area contributed by atoms with Crippen LogP contribution in [0.3, 0.4) is 0 Å². The molecule has 6 unspecified atom stereocenters. The summed E-state index contributed by atoms with van der Waals surface area (Å²) in [6.07, 6.45) is 9.11. The number of nitriles is 1. The SMILES string of the molecule is C=CCOC12Oc3ccc(Oc4ccc(OC)c(C=O)c4)cc3C3C(CCCCO)C(CCCCO)C=C(C(=NOCC)CC1N(CCOCCO)C(=O)c1ccc(C#N)cc1)C32. The molecule has 6 atom stereocenters. The number of amides is 1. The van der Waals surface area contributed by atoms with Gasteiger partial charge in [-0.2, -0.15) is 5.26 Å². The van der Waals surface area contributed by atoms with E-state index in [0.29, 0.717) is 71.1 Å². The fourth-order valence-corrected chi connectivity index (χ4v) is 9.44. The van der Waals surface area contributed by atoms with Gasteiger partial charge in [0.1, 0.15) is 35.6 Å². The predicted molar refractivity (Wildman–Crippen MR) is 235 cm³/mol. The number of aliphatic hydroxyl groups is 3. The Morgan fingerprint density at radius 2 is 1.75 bits per heavy atom. The van der Waals surface area contributed by atoms with Crippen LogP contribution in [0.5, 0.6) is 23.0 Å². The molecule has 1 fully saturated rings. The maximum absolute atomic E-state index is 15.0. The average Bonchev–Trinajstić information content (AvgIpc) is 3.31. The Kier molecular flexibility index (Phi) is 16.9. The van der Waals surface area contributed by atoms with Crippen molar-refractivity contribution in [2.75, 3.05) is 59.9 Å². The van der Waals surface area contributed by atoms with Gasteiger partial charge in [0, 0.05) is 43.2 Å². The lowest BCUT2D eigenvalue weighted by Gasteiger charge is -2.60. The summed E-state index contributed by atoms with van der Waals surface area (Å²) in [6.45, 7) is 6.43. The lowest BCUT2D eigenvalue weighted by molar-refractivity contribution is -0.254. The van der Waals surface area contributed by atoms with Crippen molar-refractivity contribution in [2.24, 2.45) is 22.9 Å². The minimum Gasteiger partial charge on any atom is -0.496 e. The molecule has 3 N–H and O–H groups in total. The third-order valence-corrected chi connectivity index (χ3v) is 12.1. The molecule has 0 bridgehead atoms. The molecule has 0 saturated heterocycles. The molecule has 1 heterocycles.